The molecule has 18 heavy (non-hydrogen) atoms. The highest BCUT2D eigenvalue weighted by molar-refractivity contribution is 4.86. The van der Waals surface area contributed by atoms with Gasteiger partial charge in [-0.3, -0.25) is 0 Å². The molecule has 2 aliphatic rings. The predicted octanol–water partition coefficient (Wildman–Crippen LogP) is 2.97. The summed E-state index contributed by atoms with van der Waals surface area (Å²) in [6.07, 6.45) is 2.12. The number of nitrogens with two attached hydrogens (primary N) is 1. The lowest BCUT2D eigenvalue weighted by atomic mass is 9.83. The molecule has 2 fully saturated rings. The number of hydrogen-bond donors (Lipinski definition) is 2. The molecule has 2 saturated carbocycles. The van der Waals surface area contributed by atoms with Crippen molar-refractivity contribution in [2.24, 2.45) is 11.7 Å². The molecule has 2 rings (SSSR count). The second-order valence-corrected chi connectivity index (χ2v) is 5.88. The van der Waals surface area contributed by atoms with Gasteiger partial charge in [-0.15, -0.1) is 0 Å². The minimum absolute atomic E-state index is 0.0460. The Morgan fingerprint density at radius 3 is 2.17 bits per heavy atom. The Labute approximate surface area is 106 Å². The van der Waals surface area contributed by atoms with E-state index in [4.69, 9.17) is 5.73 Å². The minimum Gasteiger partial charge on any atom is -0.328 e. The molecule has 0 radical (unpaired) electrons. The van der Waals surface area contributed by atoms with E-state index in [1.807, 2.05) is 0 Å². The van der Waals surface area contributed by atoms with Crippen LogP contribution in [0.2, 0.25) is 0 Å². The van der Waals surface area contributed by atoms with Crippen LogP contribution in [0.25, 0.3) is 0 Å². The Kier molecular flexibility index (Phi) is 4.54. The molecule has 0 bridgehead atoms. The third-order valence-electron chi connectivity index (χ3n) is 4.38. The van der Waals surface area contributed by atoms with E-state index >= 15 is 0 Å². The molecule has 0 aromatic heterocycles. The Hall–Kier alpha value is -0.290. The molecule has 2 unspecified atom stereocenters. The standard InChI is InChI=1S/C13H23F3N2/c14-13(15,16)9-2-1-3-12(8-9)18-11-6-4-10(17)5-7-11/h9-12,18H,1-8,17H2. The van der Waals surface area contributed by atoms with Crippen LogP contribution in [0, 0.1) is 5.92 Å². The first-order valence-electron chi connectivity index (χ1n) is 7.03. The number of hydrogen-bond acceptors (Lipinski definition) is 2. The van der Waals surface area contributed by atoms with Crippen molar-refractivity contribution < 1.29 is 13.2 Å². The fourth-order valence-electron chi connectivity index (χ4n) is 3.26. The van der Waals surface area contributed by atoms with E-state index in [0.29, 0.717) is 18.9 Å². The fourth-order valence-corrected chi connectivity index (χ4v) is 3.26. The van der Waals surface area contributed by atoms with Crippen LogP contribution in [-0.4, -0.2) is 24.3 Å². The first kappa shape index (κ1) is 14.1. The van der Waals surface area contributed by atoms with Crippen molar-refractivity contribution in [2.45, 2.75) is 75.7 Å². The molecule has 2 nitrogen and oxygen atoms in total. The highest BCUT2D eigenvalue weighted by Gasteiger charge is 2.42. The lowest BCUT2D eigenvalue weighted by Gasteiger charge is -2.35. The van der Waals surface area contributed by atoms with E-state index in [0.717, 1.165) is 32.1 Å². The van der Waals surface area contributed by atoms with E-state index in [9.17, 15) is 13.2 Å². The van der Waals surface area contributed by atoms with Crippen LogP contribution in [0.1, 0.15) is 51.4 Å². The normalized spacial score (nSPS) is 38.7. The monoisotopic (exact) mass is 264 g/mol. The smallest absolute Gasteiger partial charge is 0.328 e. The van der Waals surface area contributed by atoms with Crippen LogP contribution in [0.15, 0.2) is 0 Å². The average Bonchev–Trinajstić information content (AvgIpc) is 2.31. The molecular weight excluding hydrogens is 241 g/mol. The van der Waals surface area contributed by atoms with Gasteiger partial charge in [0.2, 0.25) is 0 Å². The molecule has 0 spiro atoms. The first-order chi connectivity index (χ1) is 8.45. The van der Waals surface area contributed by atoms with E-state index < -0.39 is 12.1 Å². The van der Waals surface area contributed by atoms with Gasteiger partial charge in [0.05, 0.1) is 5.92 Å². The summed E-state index contributed by atoms with van der Waals surface area (Å²) in [4.78, 5) is 0. The van der Waals surface area contributed by atoms with Crippen LogP contribution in [0.5, 0.6) is 0 Å². The number of rotatable bonds is 2. The molecule has 0 amide bonds. The Balaban J connectivity index is 1.79. The van der Waals surface area contributed by atoms with Crippen LogP contribution in [-0.2, 0) is 0 Å². The van der Waals surface area contributed by atoms with E-state index in [-0.39, 0.29) is 18.5 Å². The van der Waals surface area contributed by atoms with Crippen molar-refractivity contribution in [3.05, 3.63) is 0 Å². The lowest BCUT2D eigenvalue weighted by molar-refractivity contribution is -0.183. The molecule has 5 heteroatoms. The zero-order valence-corrected chi connectivity index (χ0v) is 10.7. The van der Waals surface area contributed by atoms with Gasteiger partial charge in [0.1, 0.15) is 0 Å². The van der Waals surface area contributed by atoms with Crippen molar-refractivity contribution in [2.75, 3.05) is 0 Å². The van der Waals surface area contributed by atoms with Gasteiger partial charge in [-0.2, -0.15) is 13.2 Å². The second kappa shape index (κ2) is 5.78. The molecule has 0 aromatic carbocycles. The third-order valence-corrected chi connectivity index (χ3v) is 4.38. The van der Waals surface area contributed by atoms with Gasteiger partial charge in [-0.1, -0.05) is 6.42 Å². The summed E-state index contributed by atoms with van der Waals surface area (Å²) < 4.78 is 38.1. The summed E-state index contributed by atoms with van der Waals surface area (Å²) in [7, 11) is 0. The Morgan fingerprint density at radius 2 is 1.56 bits per heavy atom. The van der Waals surface area contributed by atoms with Gasteiger partial charge >= 0.3 is 6.18 Å². The summed E-state index contributed by atoms with van der Waals surface area (Å²) in [5.74, 6) is -1.10. The molecule has 3 N–H and O–H groups in total. The first-order valence-corrected chi connectivity index (χ1v) is 7.03. The van der Waals surface area contributed by atoms with E-state index in [1.54, 1.807) is 0 Å². The SMILES string of the molecule is NC1CCC(NC2CCCC(C(F)(F)F)C2)CC1. The molecule has 0 saturated heterocycles. The van der Waals surface area contributed by atoms with Crippen LogP contribution >= 0.6 is 0 Å². The number of halogens is 3. The largest absolute Gasteiger partial charge is 0.391 e. The fraction of sp³-hybridized carbons (Fsp3) is 1.00. The van der Waals surface area contributed by atoms with Crippen LogP contribution in [0.3, 0.4) is 0 Å². The summed E-state index contributed by atoms with van der Waals surface area (Å²) in [5.41, 5.74) is 5.83. The predicted molar refractivity (Wildman–Crippen MR) is 65.2 cm³/mol. The molecule has 106 valence electrons. The average molecular weight is 264 g/mol. The van der Waals surface area contributed by atoms with Crippen molar-refractivity contribution in [1.82, 2.24) is 5.32 Å². The van der Waals surface area contributed by atoms with Gasteiger partial charge < -0.3 is 11.1 Å². The molecule has 0 aliphatic heterocycles. The second-order valence-electron chi connectivity index (χ2n) is 5.88. The Morgan fingerprint density at radius 1 is 0.889 bits per heavy atom. The minimum atomic E-state index is -4.02. The topological polar surface area (TPSA) is 38.0 Å². The molecule has 2 atom stereocenters. The van der Waals surface area contributed by atoms with E-state index in [1.165, 1.54) is 0 Å². The van der Waals surface area contributed by atoms with Crippen LogP contribution in [0.4, 0.5) is 13.2 Å². The summed E-state index contributed by atoms with van der Waals surface area (Å²) >= 11 is 0. The van der Waals surface area contributed by atoms with Crippen molar-refractivity contribution >= 4 is 0 Å². The maximum Gasteiger partial charge on any atom is 0.391 e. The zero-order chi connectivity index (χ0) is 13.2. The van der Waals surface area contributed by atoms with Crippen molar-refractivity contribution in [1.29, 1.82) is 0 Å². The van der Waals surface area contributed by atoms with Gasteiger partial charge in [0, 0.05) is 18.1 Å². The highest BCUT2D eigenvalue weighted by Crippen LogP contribution is 2.37. The Bertz CT molecular complexity index is 259. The molecule has 0 heterocycles. The summed E-state index contributed by atoms with van der Waals surface area (Å²) in [6.45, 7) is 0. The number of nitrogens with one attached hydrogen (secondary N) is 1. The van der Waals surface area contributed by atoms with Crippen molar-refractivity contribution in [3.63, 3.8) is 0 Å². The van der Waals surface area contributed by atoms with Gasteiger partial charge in [0.15, 0.2) is 0 Å². The highest BCUT2D eigenvalue weighted by atomic mass is 19.4. The van der Waals surface area contributed by atoms with Gasteiger partial charge in [-0.05, 0) is 44.9 Å². The maximum absolute atomic E-state index is 12.7. The lowest BCUT2D eigenvalue weighted by Crippen LogP contribution is -2.46. The van der Waals surface area contributed by atoms with Gasteiger partial charge in [0.25, 0.3) is 0 Å². The number of alkyl halides is 3. The molecule has 2 aliphatic carbocycles. The third kappa shape index (κ3) is 3.85. The quantitative estimate of drug-likeness (QED) is 0.804. The van der Waals surface area contributed by atoms with Crippen molar-refractivity contribution in [3.8, 4) is 0 Å². The van der Waals surface area contributed by atoms with Gasteiger partial charge in [-0.25, -0.2) is 0 Å². The van der Waals surface area contributed by atoms with E-state index in [2.05, 4.69) is 5.32 Å². The molecular formula is C13H23F3N2. The van der Waals surface area contributed by atoms with Crippen LogP contribution < -0.4 is 11.1 Å². The zero-order valence-electron chi connectivity index (χ0n) is 10.7. The summed E-state index contributed by atoms with van der Waals surface area (Å²) in [5, 5.41) is 3.42. The molecule has 0 aromatic rings. The maximum atomic E-state index is 12.7. The summed E-state index contributed by atoms with van der Waals surface area (Å²) in [6, 6.07) is 0.712.